The lowest BCUT2D eigenvalue weighted by Crippen LogP contribution is -2.43. The Hall–Kier alpha value is -0.570. The van der Waals surface area contributed by atoms with E-state index >= 15 is 0 Å². The standard InChI is InChI=1S/C9H14O3/c10-8-4-3-6-9(12-8)5-1-2-7-11-9/h1-7H2. The molecular formula is C9H14O3. The first-order valence-electron chi connectivity index (χ1n) is 4.67. The van der Waals surface area contributed by atoms with E-state index in [0.29, 0.717) is 6.42 Å². The van der Waals surface area contributed by atoms with Crippen molar-refractivity contribution in [2.75, 3.05) is 6.61 Å². The predicted molar refractivity (Wildman–Crippen MR) is 42.5 cm³/mol. The van der Waals surface area contributed by atoms with Crippen molar-refractivity contribution < 1.29 is 14.3 Å². The molecule has 2 saturated heterocycles. The van der Waals surface area contributed by atoms with E-state index in [-0.39, 0.29) is 5.97 Å². The smallest absolute Gasteiger partial charge is 0.308 e. The molecule has 2 heterocycles. The maximum Gasteiger partial charge on any atom is 0.308 e. The molecule has 0 aromatic heterocycles. The number of hydrogen-bond acceptors (Lipinski definition) is 3. The van der Waals surface area contributed by atoms with Crippen LogP contribution in [0, 0.1) is 0 Å². The van der Waals surface area contributed by atoms with Crippen molar-refractivity contribution in [3.8, 4) is 0 Å². The summed E-state index contributed by atoms with van der Waals surface area (Å²) in [7, 11) is 0. The van der Waals surface area contributed by atoms with Gasteiger partial charge in [0.15, 0.2) is 0 Å². The predicted octanol–water partition coefficient (Wildman–Crippen LogP) is 1.61. The van der Waals surface area contributed by atoms with Gasteiger partial charge in [0.2, 0.25) is 5.79 Å². The largest absolute Gasteiger partial charge is 0.433 e. The van der Waals surface area contributed by atoms with Crippen LogP contribution in [0.5, 0.6) is 0 Å². The first kappa shape index (κ1) is 8.05. The van der Waals surface area contributed by atoms with Crippen LogP contribution in [0.1, 0.15) is 38.5 Å². The Morgan fingerprint density at radius 3 is 2.67 bits per heavy atom. The molecule has 0 aromatic rings. The minimum atomic E-state index is -0.520. The molecule has 2 fully saturated rings. The molecule has 1 spiro atoms. The maximum absolute atomic E-state index is 11.0. The van der Waals surface area contributed by atoms with E-state index in [2.05, 4.69) is 0 Å². The molecule has 3 heteroatoms. The van der Waals surface area contributed by atoms with Gasteiger partial charge in [-0.25, -0.2) is 0 Å². The molecular weight excluding hydrogens is 156 g/mol. The lowest BCUT2D eigenvalue weighted by atomic mass is 9.97. The number of esters is 1. The molecule has 0 aromatic carbocycles. The number of ether oxygens (including phenoxy) is 2. The van der Waals surface area contributed by atoms with Crippen LogP contribution in [0.2, 0.25) is 0 Å². The minimum Gasteiger partial charge on any atom is -0.433 e. The molecule has 3 nitrogen and oxygen atoms in total. The second-order valence-electron chi connectivity index (χ2n) is 3.54. The van der Waals surface area contributed by atoms with E-state index in [1.54, 1.807) is 0 Å². The van der Waals surface area contributed by atoms with E-state index in [9.17, 15) is 4.79 Å². The third kappa shape index (κ3) is 1.46. The Labute approximate surface area is 72.0 Å². The van der Waals surface area contributed by atoms with E-state index in [1.807, 2.05) is 0 Å². The Morgan fingerprint density at radius 2 is 2.00 bits per heavy atom. The van der Waals surface area contributed by atoms with E-state index in [0.717, 1.165) is 38.7 Å². The third-order valence-corrected chi connectivity index (χ3v) is 2.56. The Bertz CT molecular complexity index is 177. The zero-order chi connectivity index (χ0) is 8.44. The van der Waals surface area contributed by atoms with Crippen molar-refractivity contribution in [2.45, 2.75) is 44.3 Å². The molecule has 0 aliphatic carbocycles. The SMILES string of the molecule is O=C1CCCC2(CCCCO2)O1. The van der Waals surface area contributed by atoms with Crippen LogP contribution >= 0.6 is 0 Å². The van der Waals surface area contributed by atoms with Gasteiger partial charge in [-0.15, -0.1) is 0 Å². The number of carbonyl (C=O) groups excluding carboxylic acids is 1. The monoisotopic (exact) mass is 170 g/mol. The molecule has 0 radical (unpaired) electrons. The summed E-state index contributed by atoms with van der Waals surface area (Å²) in [5.74, 6) is -0.615. The van der Waals surface area contributed by atoms with Crippen LogP contribution in [0.4, 0.5) is 0 Å². The Kier molecular flexibility index (Phi) is 2.05. The van der Waals surface area contributed by atoms with E-state index in [1.165, 1.54) is 0 Å². The topological polar surface area (TPSA) is 35.5 Å². The first-order chi connectivity index (χ1) is 5.81. The molecule has 0 bridgehead atoms. The summed E-state index contributed by atoms with van der Waals surface area (Å²) >= 11 is 0. The van der Waals surface area contributed by atoms with Crippen LogP contribution in [0.15, 0.2) is 0 Å². The molecule has 68 valence electrons. The first-order valence-corrected chi connectivity index (χ1v) is 4.67. The quantitative estimate of drug-likeness (QED) is 0.518. The van der Waals surface area contributed by atoms with Crippen molar-refractivity contribution in [3.63, 3.8) is 0 Å². The highest BCUT2D eigenvalue weighted by molar-refractivity contribution is 5.70. The lowest BCUT2D eigenvalue weighted by molar-refractivity contribution is -0.259. The average molecular weight is 170 g/mol. The minimum absolute atomic E-state index is 0.0943. The van der Waals surface area contributed by atoms with E-state index < -0.39 is 5.79 Å². The normalized spacial score (nSPS) is 36.5. The van der Waals surface area contributed by atoms with Crippen LogP contribution in [-0.2, 0) is 14.3 Å². The van der Waals surface area contributed by atoms with Gasteiger partial charge in [-0.1, -0.05) is 0 Å². The molecule has 12 heavy (non-hydrogen) atoms. The molecule has 1 unspecified atom stereocenters. The lowest BCUT2D eigenvalue weighted by Gasteiger charge is -2.38. The van der Waals surface area contributed by atoms with E-state index in [4.69, 9.17) is 9.47 Å². The van der Waals surface area contributed by atoms with Gasteiger partial charge in [0.25, 0.3) is 0 Å². The van der Waals surface area contributed by atoms with Crippen molar-refractivity contribution >= 4 is 5.97 Å². The summed E-state index contributed by atoms with van der Waals surface area (Å²) in [6.45, 7) is 0.743. The van der Waals surface area contributed by atoms with Gasteiger partial charge in [0, 0.05) is 19.3 Å². The summed E-state index contributed by atoms with van der Waals surface area (Å²) in [5.41, 5.74) is 0. The summed E-state index contributed by atoms with van der Waals surface area (Å²) in [5, 5.41) is 0. The van der Waals surface area contributed by atoms with Crippen molar-refractivity contribution in [2.24, 2.45) is 0 Å². The van der Waals surface area contributed by atoms with Crippen molar-refractivity contribution in [1.29, 1.82) is 0 Å². The maximum atomic E-state index is 11.0. The fourth-order valence-electron chi connectivity index (χ4n) is 1.92. The molecule has 0 saturated carbocycles. The van der Waals surface area contributed by atoms with Crippen LogP contribution in [0.3, 0.4) is 0 Å². The third-order valence-electron chi connectivity index (χ3n) is 2.56. The molecule has 2 aliphatic rings. The van der Waals surface area contributed by atoms with Gasteiger partial charge in [-0.2, -0.15) is 0 Å². The second-order valence-corrected chi connectivity index (χ2v) is 3.54. The van der Waals surface area contributed by atoms with Gasteiger partial charge < -0.3 is 9.47 Å². The zero-order valence-electron chi connectivity index (χ0n) is 7.17. The van der Waals surface area contributed by atoms with Gasteiger partial charge in [0.05, 0.1) is 6.61 Å². The van der Waals surface area contributed by atoms with Crippen LogP contribution in [0.25, 0.3) is 0 Å². The average Bonchev–Trinajstić information content (AvgIpc) is 2.05. The highest BCUT2D eigenvalue weighted by Crippen LogP contribution is 2.34. The highest BCUT2D eigenvalue weighted by atomic mass is 16.7. The van der Waals surface area contributed by atoms with Crippen molar-refractivity contribution in [3.05, 3.63) is 0 Å². The molecule has 2 rings (SSSR count). The molecule has 2 aliphatic heterocycles. The Morgan fingerprint density at radius 1 is 1.17 bits per heavy atom. The summed E-state index contributed by atoms with van der Waals surface area (Å²) < 4.78 is 10.8. The fraction of sp³-hybridized carbons (Fsp3) is 0.889. The van der Waals surface area contributed by atoms with Gasteiger partial charge in [-0.3, -0.25) is 4.79 Å². The summed E-state index contributed by atoms with van der Waals surface area (Å²) in [6.07, 6.45) is 5.47. The zero-order valence-corrected chi connectivity index (χ0v) is 7.17. The van der Waals surface area contributed by atoms with Gasteiger partial charge in [0.1, 0.15) is 0 Å². The van der Waals surface area contributed by atoms with Gasteiger partial charge in [-0.05, 0) is 19.3 Å². The summed E-state index contributed by atoms with van der Waals surface area (Å²) in [4.78, 5) is 11.0. The molecule has 0 amide bonds. The number of carbonyl (C=O) groups is 1. The van der Waals surface area contributed by atoms with Crippen molar-refractivity contribution in [1.82, 2.24) is 0 Å². The number of hydrogen-bond donors (Lipinski definition) is 0. The van der Waals surface area contributed by atoms with Gasteiger partial charge >= 0.3 is 5.97 Å². The molecule has 0 N–H and O–H groups in total. The molecule has 1 atom stereocenters. The fourth-order valence-corrected chi connectivity index (χ4v) is 1.92. The van der Waals surface area contributed by atoms with Crippen LogP contribution in [-0.4, -0.2) is 18.4 Å². The second kappa shape index (κ2) is 3.05. The Balaban J connectivity index is 2.02. The van der Waals surface area contributed by atoms with Crippen LogP contribution < -0.4 is 0 Å². The highest BCUT2D eigenvalue weighted by Gasteiger charge is 2.39. The number of rotatable bonds is 0. The summed E-state index contributed by atoms with van der Waals surface area (Å²) in [6, 6.07) is 0.